The molecule has 2 aliphatic carbocycles. The molecule has 9 aromatic carbocycles. The van der Waals surface area contributed by atoms with Crippen molar-refractivity contribution in [3.63, 3.8) is 0 Å². The van der Waals surface area contributed by atoms with E-state index < -0.39 is 0 Å². The second-order valence-electron chi connectivity index (χ2n) is 17.7. The van der Waals surface area contributed by atoms with Crippen LogP contribution in [0.1, 0.15) is 48.6 Å². The molecule has 0 spiro atoms. The van der Waals surface area contributed by atoms with Crippen LogP contribution in [0.4, 0.5) is 0 Å². The van der Waals surface area contributed by atoms with Crippen LogP contribution in [0.2, 0.25) is 0 Å². The van der Waals surface area contributed by atoms with E-state index in [-0.39, 0.29) is 10.8 Å². The number of benzene rings is 9. The summed E-state index contributed by atoms with van der Waals surface area (Å²) in [6.07, 6.45) is 0.885. The van der Waals surface area contributed by atoms with E-state index in [1.165, 1.54) is 126 Å². The van der Waals surface area contributed by atoms with Gasteiger partial charge in [0.1, 0.15) is 0 Å². The van der Waals surface area contributed by atoms with Crippen LogP contribution < -0.4 is 0 Å². The molecule has 0 amide bonds. The average Bonchev–Trinajstić information content (AvgIpc) is 3.94. The lowest BCUT2D eigenvalue weighted by Gasteiger charge is -2.29. The van der Waals surface area contributed by atoms with Crippen molar-refractivity contribution in [3.8, 4) is 33.4 Å². The monoisotopic (exact) mass is 740 g/mol. The van der Waals surface area contributed by atoms with E-state index in [0.717, 1.165) is 6.42 Å². The molecule has 1 atom stereocenters. The third-order valence-corrected chi connectivity index (χ3v) is 14.1. The van der Waals surface area contributed by atoms with Gasteiger partial charge in [-0.25, -0.2) is 0 Å². The van der Waals surface area contributed by atoms with E-state index in [1.807, 2.05) is 0 Å². The Balaban J connectivity index is 1.05. The van der Waals surface area contributed by atoms with Gasteiger partial charge in [0.15, 0.2) is 0 Å². The lowest BCUT2D eigenvalue weighted by Crippen LogP contribution is -2.24. The normalized spacial score (nSPS) is 16.5. The van der Waals surface area contributed by atoms with Gasteiger partial charge in [0.05, 0.1) is 0 Å². The summed E-state index contributed by atoms with van der Waals surface area (Å²) >= 11 is 0. The third-order valence-electron chi connectivity index (χ3n) is 14.1. The summed E-state index contributed by atoms with van der Waals surface area (Å²) in [5.74, 6) is 0. The van der Waals surface area contributed by atoms with Gasteiger partial charge in [-0.3, -0.25) is 0 Å². The van der Waals surface area contributed by atoms with Crippen molar-refractivity contribution in [2.45, 2.75) is 38.0 Å². The number of nitrogens with one attached hydrogen (secondary N) is 2. The maximum Gasteiger partial charge on any atom is 0.0468 e. The molecular weight excluding hydrogens is 701 g/mol. The Kier molecular flexibility index (Phi) is 6.19. The van der Waals surface area contributed by atoms with E-state index >= 15 is 0 Å². The fourth-order valence-corrected chi connectivity index (χ4v) is 11.2. The Morgan fingerprint density at radius 1 is 0.379 bits per heavy atom. The maximum atomic E-state index is 3.77. The minimum Gasteiger partial charge on any atom is -0.355 e. The summed E-state index contributed by atoms with van der Waals surface area (Å²) in [6, 6.07) is 61.9. The highest BCUT2D eigenvalue weighted by Gasteiger charge is 2.41. The van der Waals surface area contributed by atoms with Crippen LogP contribution in [0, 0.1) is 0 Å². The van der Waals surface area contributed by atoms with Gasteiger partial charge in [-0.15, -0.1) is 0 Å². The quantitative estimate of drug-likeness (QED) is 0.181. The second kappa shape index (κ2) is 11.1. The minimum atomic E-state index is -0.243. The van der Waals surface area contributed by atoms with Gasteiger partial charge in [0.25, 0.3) is 0 Å². The van der Waals surface area contributed by atoms with Gasteiger partial charge >= 0.3 is 0 Å². The van der Waals surface area contributed by atoms with Gasteiger partial charge in [-0.2, -0.15) is 0 Å². The van der Waals surface area contributed by atoms with Crippen LogP contribution in [0.5, 0.6) is 0 Å². The minimum absolute atomic E-state index is 0.159. The van der Waals surface area contributed by atoms with E-state index in [4.69, 9.17) is 0 Å². The summed E-state index contributed by atoms with van der Waals surface area (Å²) in [4.78, 5) is 7.50. The Labute approximate surface area is 336 Å². The molecule has 0 radical (unpaired) electrons. The Hall–Kier alpha value is -6.90. The number of H-pyrrole nitrogens is 2. The molecule has 274 valence electrons. The summed E-state index contributed by atoms with van der Waals surface area (Å²) in [5, 5.41) is 10.4. The van der Waals surface area contributed by atoms with Gasteiger partial charge in [-0.1, -0.05) is 130 Å². The molecule has 13 rings (SSSR count). The molecule has 0 aliphatic heterocycles. The topological polar surface area (TPSA) is 31.6 Å². The molecule has 1 unspecified atom stereocenters. The largest absolute Gasteiger partial charge is 0.355 e. The molecule has 2 aliphatic rings. The smallest absolute Gasteiger partial charge is 0.0468 e. The molecule has 0 bridgehead atoms. The predicted octanol–water partition coefficient (Wildman–Crippen LogP) is 14.8. The van der Waals surface area contributed by atoms with Crippen LogP contribution >= 0.6 is 0 Å². The molecule has 0 fully saturated rings. The maximum absolute atomic E-state index is 3.77. The zero-order chi connectivity index (χ0) is 38.5. The molecule has 0 saturated carbocycles. The van der Waals surface area contributed by atoms with Crippen LogP contribution in [-0.4, -0.2) is 9.97 Å². The first kappa shape index (κ1) is 32.2. The average molecular weight is 741 g/mol. The number of aromatic amines is 2. The van der Waals surface area contributed by atoms with Crippen molar-refractivity contribution in [2.24, 2.45) is 0 Å². The van der Waals surface area contributed by atoms with Crippen molar-refractivity contribution in [1.29, 1.82) is 0 Å². The van der Waals surface area contributed by atoms with Crippen molar-refractivity contribution >= 4 is 65.2 Å². The third kappa shape index (κ3) is 4.22. The van der Waals surface area contributed by atoms with Crippen LogP contribution in [0.3, 0.4) is 0 Å². The molecule has 2 nitrogen and oxygen atoms in total. The first-order valence-electron chi connectivity index (χ1n) is 20.6. The van der Waals surface area contributed by atoms with E-state index in [2.05, 4.69) is 195 Å². The standard InChI is InChI=1S/C56H40N2/c1-55(2)46-29-52-44(37-18-10-12-20-51(37)57-52)27-45(46)54-38-22-21-32(23-40(38)39(28-49(54)55)33-13-5-4-6-14-33)31-56(3)47-25-35-16-8-7-15-34(35)24-41(47)42-26-43-36-17-9-11-19-50(36)58-53(43)30-48(42)56/h4-30,57-58H,31H2,1-3H3. The molecular formula is C56H40N2. The Morgan fingerprint density at radius 3 is 1.69 bits per heavy atom. The Morgan fingerprint density at radius 2 is 0.966 bits per heavy atom. The van der Waals surface area contributed by atoms with Crippen molar-refractivity contribution < 1.29 is 0 Å². The van der Waals surface area contributed by atoms with Gasteiger partial charge < -0.3 is 9.97 Å². The highest BCUT2D eigenvalue weighted by Crippen LogP contribution is 2.56. The number of para-hydroxylation sites is 2. The fourth-order valence-electron chi connectivity index (χ4n) is 11.2. The second-order valence-corrected chi connectivity index (χ2v) is 17.7. The van der Waals surface area contributed by atoms with E-state index in [1.54, 1.807) is 0 Å². The van der Waals surface area contributed by atoms with E-state index in [0.29, 0.717) is 0 Å². The highest BCUT2D eigenvalue weighted by molar-refractivity contribution is 6.14. The van der Waals surface area contributed by atoms with Crippen LogP contribution in [-0.2, 0) is 17.3 Å². The Bertz CT molecular complexity index is 3580. The van der Waals surface area contributed by atoms with Crippen molar-refractivity contribution in [3.05, 3.63) is 192 Å². The summed E-state index contributed by atoms with van der Waals surface area (Å²) < 4.78 is 0. The summed E-state index contributed by atoms with van der Waals surface area (Å²) in [6.45, 7) is 7.30. The van der Waals surface area contributed by atoms with Gasteiger partial charge in [0, 0.05) is 54.4 Å². The first-order chi connectivity index (χ1) is 28.3. The molecule has 2 heterocycles. The highest BCUT2D eigenvalue weighted by atomic mass is 14.7. The van der Waals surface area contributed by atoms with E-state index in [9.17, 15) is 0 Å². The molecule has 11 aromatic rings. The number of hydrogen-bond acceptors (Lipinski definition) is 0. The van der Waals surface area contributed by atoms with Gasteiger partial charge in [-0.05, 0) is 144 Å². The number of aromatic nitrogens is 2. The fraction of sp³-hybridized carbons (Fsp3) is 0.107. The zero-order valence-corrected chi connectivity index (χ0v) is 32.8. The van der Waals surface area contributed by atoms with Crippen LogP contribution in [0.15, 0.2) is 164 Å². The lowest BCUT2D eigenvalue weighted by molar-refractivity contribution is 0.584. The molecule has 2 N–H and O–H groups in total. The molecule has 0 saturated heterocycles. The SMILES string of the molecule is CC1(C)c2cc3[nH]c4ccccc4c3cc2-c2c1cc(-c1ccccc1)c1cc(CC3(C)c4cc5ccccc5cc4-c4cc5c(cc43)[nH]c3ccccc35)ccc21. The summed E-state index contributed by atoms with van der Waals surface area (Å²) in [7, 11) is 0. The number of rotatable bonds is 3. The number of hydrogen-bond donors (Lipinski definition) is 2. The van der Waals surface area contributed by atoms with Crippen molar-refractivity contribution in [2.75, 3.05) is 0 Å². The van der Waals surface area contributed by atoms with Crippen LogP contribution in [0.25, 0.3) is 98.5 Å². The predicted molar refractivity (Wildman–Crippen MR) is 245 cm³/mol. The molecule has 58 heavy (non-hydrogen) atoms. The lowest BCUT2D eigenvalue weighted by atomic mass is 9.74. The summed E-state index contributed by atoms with van der Waals surface area (Å²) in [5.41, 5.74) is 19.3. The molecule has 2 heteroatoms. The van der Waals surface area contributed by atoms with Gasteiger partial charge in [0.2, 0.25) is 0 Å². The first-order valence-corrected chi connectivity index (χ1v) is 20.6. The molecule has 2 aromatic heterocycles. The zero-order valence-electron chi connectivity index (χ0n) is 32.8. The number of fused-ring (bicyclic) bond motifs is 15. The van der Waals surface area contributed by atoms with Crippen molar-refractivity contribution in [1.82, 2.24) is 9.97 Å².